The molecule has 41 heavy (non-hydrogen) atoms. The zero-order chi connectivity index (χ0) is 29.2. The van der Waals surface area contributed by atoms with Crippen molar-refractivity contribution in [3.8, 4) is 11.5 Å². The molecule has 0 radical (unpaired) electrons. The van der Waals surface area contributed by atoms with Gasteiger partial charge in [0.05, 0.1) is 23.4 Å². The predicted octanol–water partition coefficient (Wildman–Crippen LogP) is 5.97. The Hall–Kier alpha value is -4.34. The predicted molar refractivity (Wildman–Crippen MR) is 161 cm³/mol. The highest BCUT2D eigenvalue weighted by Crippen LogP contribution is 2.29. The Morgan fingerprint density at radius 3 is 2.39 bits per heavy atom. The monoisotopic (exact) mass is 591 g/mol. The van der Waals surface area contributed by atoms with E-state index in [9.17, 15) is 13.2 Å². The first-order valence-electron chi connectivity index (χ1n) is 12.9. The molecule has 212 valence electrons. The van der Waals surface area contributed by atoms with Gasteiger partial charge in [0.1, 0.15) is 13.2 Å². The lowest BCUT2D eigenvalue weighted by molar-refractivity contribution is -0.119. The molecule has 0 saturated carbocycles. The van der Waals surface area contributed by atoms with Gasteiger partial charge in [-0.3, -0.25) is 9.10 Å². The molecule has 4 aromatic carbocycles. The summed E-state index contributed by atoms with van der Waals surface area (Å²) < 4.78 is 39.6. The Balaban J connectivity index is 1.46. The molecule has 1 amide bonds. The third-order valence-corrected chi connectivity index (χ3v) is 7.92. The number of aryl methyl sites for hydroxylation is 1. The molecular formula is C31H30ClN3O5S. The second kappa shape index (κ2) is 13.8. The molecule has 0 spiro atoms. The van der Waals surface area contributed by atoms with Crippen LogP contribution in [0.5, 0.6) is 11.5 Å². The lowest BCUT2D eigenvalue weighted by Crippen LogP contribution is -2.39. The maximum absolute atomic E-state index is 13.4. The van der Waals surface area contributed by atoms with E-state index < -0.39 is 22.5 Å². The van der Waals surface area contributed by atoms with Gasteiger partial charge in [-0.2, -0.15) is 5.10 Å². The van der Waals surface area contributed by atoms with Gasteiger partial charge in [-0.25, -0.2) is 13.8 Å². The second-order valence-corrected chi connectivity index (χ2v) is 11.3. The van der Waals surface area contributed by atoms with Crippen molar-refractivity contribution in [2.24, 2.45) is 5.10 Å². The van der Waals surface area contributed by atoms with Gasteiger partial charge in [0, 0.05) is 5.02 Å². The number of nitrogens with one attached hydrogen (secondary N) is 1. The number of anilines is 1. The SMILES string of the molecule is CCOc1cc(/C=N\NC(=O)CN(c2ccc(C)cc2)S(=O)(=O)c2ccccc2)ccc1OCc1cccc(Cl)c1. The van der Waals surface area contributed by atoms with Gasteiger partial charge < -0.3 is 9.47 Å². The van der Waals surface area contributed by atoms with Crippen molar-refractivity contribution in [2.75, 3.05) is 17.5 Å². The maximum Gasteiger partial charge on any atom is 0.264 e. The number of benzene rings is 4. The number of rotatable bonds is 12. The normalized spacial score (nSPS) is 11.3. The number of nitrogens with zero attached hydrogens (tertiary/aromatic N) is 2. The van der Waals surface area contributed by atoms with E-state index in [4.69, 9.17) is 21.1 Å². The number of hydrogen-bond donors (Lipinski definition) is 1. The molecule has 8 nitrogen and oxygen atoms in total. The molecule has 0 aliphatic carbocycles. The molecule has 0 saturated heterocycles. The summed E-state index contributed by atoms with van der Waals surface area (Å²) in [4.78, 5) is 12.9. The van der Waals surface area contributed by atoms with Crippen LogP contribution in [0.2, 0.25) is 5.02 Å². The maximum atomic E-state index is 13.4. The third kappa shape index (κ3) is 8.09. The number of halogens is 1. The summed E-state index contributed by atoms with van der Waals surface area (Å²) in [7, 11) is -4.00. The number of ether oxygens (including phenoxy) is 2. The molecule has 1 N–H and O–H groups in total. The highest BCUT2D eigenvalue weighted by molar-refractivity contribution is 7.92. The summed E-state index contributed by atoms with van der Waals surface area (Å²) in [6, 6.07) is 27.5. The number of hydrazone groups is 1. The number of hydrogen-bond acceptors (Lipinski definition) is 6. The van der Waals surface area contributed by atoms with Crippen LogP contribution in [-0.4, -0.2) is 33.7 Å². The van der Waals surface area contributed by atoms with Gasteiger partial charge in [-0.1, -0.05) is 59.6 Å². The van der Waals surface area contributed by atoms with Crippen molar-refractivity contribution < 1.29 is 22.7 Å². The smallest absolute Gasteiger partial charge is 0.264 e. The molecule has 0 aliphatic rings. The molecule has 0 bridgehead atoms. The minimum absolute atomic E-state index is 0.0815. The van der Waals surface area contributed by atoms with Crippen LogP contribution in [0.4, 0.5) is 5.69 Å². The van der Waals surface area contributed by atoms with Crippen molar-refractivity contribution in [3.05, 3.63) is 119 Å². The molecule has 4 rings (SSSR count). The van der Waals surface area contributed by atoms with E-state index in [-0.39, 0.29) is 4.90 Å². The van der Waals surface area contributed by atoms with Crippen molar-refractivity contribution in [1.82, 2.24) is 5.43 Å². The Kier molecular flexibility index (Phi) is 10.00. The van der Waals surface area contributed by atoms with Gasteiger partial charge >= 0.3 is 0 Å². The molecule has 0 aliphatic heterocycles. The molecule has 0 heterocycles. The lowest BCUT2D eigenvalue weighted by Gasteiger charge is -2.23. The Morgan fingerprint density at radius 2 is 1.68 bits per heavy atom. The van der Waals surface area contributed by atoms with Crippen LogP contribution in [0.25, 0.3) is 0 Å². The van der Waals surface area contributed by atoms with Gasteiger partial charge in [-0.15, -0.1) is 0 Å². The van der Waals surface area contributed by atoms with Crippen LogP contribution in [0.1, 0.15) is 23.6 Å². The summed E-state index contributed by atoms with van der Waals surface area (Å²) in [5.74, 6) is 0.463. The van der Waals surface area contributed by atoms with Crippen molar-refractivity contribution in [3.63, 3.8) is 0 Å². The van der Waals surface area contributed by atoms with E-state index in [2.05, 4.69) is 10.5 Å². The van der Waals surface area contributed by atoms with Gasteiger partial charge in [0.25, 0.3) is 15.9 Å². The Morgan fingerprint density at radius 1 is 0.927 bits per heavy atom. The molecule has 4 aromatic rings. The zero-order valence-electron chi connectivity index (χ0n) is 22.7. The third-order valence-electron chi connectivity index (χ3n) is 5.89. The molecular weight excluding hydrogens is 562 g/mol. The van der Waals surface area contributed by atoms with Gasteiger partial charge in [0.15, 0.2) is 11.5 Å². The van der Waals surface area contributed by atoms with Crippen molar-refractivity contribution >= 4 is 39.4 Å². The largest absolute Gasteiger partial charge is 0.490 e. The Bertz CT molecular complexity index is 1610. The standard InChI is InChI=1S/C31H30ClN3O5S/c1-3-39-30-19-24(14-17-29(30)40-22-25-8-7-9-26(32)18-25)20-33-34-31(36)21-35(27-15-12-23(2)13-16-27)41(37,38)28-10-5-4-6-11-28/h4-20H,3,21-22H2,1-2H3,(H,34,36)/b33-20-. The second-order valence-electron chi connectivity index (χ2n) is 9.01. The number of amides is 1. The fourth-order valence-electron chi connectivity index (χ4n) is 3.87. The van der Waals surface area contributed by atoms with E-state index in [1.807, 2.05) is 32.0 Å². The lowest BCUT2D eigenvalue weighted by atomic mass is 10.2. The number of carbonyl (C=O) groups excluding carboxylic acids is 1. The fourth-order valence-corrected chi connectivity index (χ4v) is 5.53. The molecule has 0 fully saturated rings. The van der Waals surface area contributed by atoms with Crippen LogP contribution in [-0.2, 0) is 21.4 Å². The van der Waals surface area contributed by atoms with Crippen molar-refractivity contribution in [1.29, 1.82) is 0 Å². The van der Waals surface area contributed by atoms with Gasteiger partial charge in [0.2, 0.25) is 0 Å². The first kappa shape index (κ1) is 29.6. The van der Waals surface area contributed by atoms with Crippen LogP contribution < -0.4 is 19.2 Å². The van der Waals surface area contributed by atoms with Crippen molar-refractivity contribution in [2.45, 2.75) is 25.3 Å². The average molecular weight is 592 g/mol. The first-order chi connectivity index (χ1) is 19.8. The quantitative estimate of drug-likeness (QED) is 0.162. The van der Waals surface area contributed by atoms with E-state index in [0.717, 1.165) is 15.4 Å². The highest BCUT2D eigenvalue weighted by atomic mass is 35.5. The molecule has 10 heteroatoms. The average Bonchev–Trinajstić information content (AvgIpc) is 2.97. The minimum atomic E-state index is -4.00. The van der Waals surface area contributed by atoms with E-state index >= 15 is 0 Å². The zero-order valence-corrected chi connectivity index (χ0v) is 24.2. The fraction of sp³-hybridized carbons (Fsp3) is 0.161. The summed E-state index contributed by atoms with van der Waals surface area (Å²) in [5, 5.41) is 4.66. The first-order valence-corrected chi connectivity index (χ1v) is 14.7. The summed E-state index contributed by atoms with van der Waals surface area (Å²) in [5.41, 5.74) is 5.33. The van der Waals surface area contributed by atoms with E-state index in [0.29, 0.717) is 41.0 Å². The summed E-state index contributed by atoms with van der Waals surface area (Å²) >= 11 is 6.06. The number of sulfonamides is 1. The molecule has 0 unspecified atom stereocenters. The molecule has 0 aromatic heterocycles. The van der Waals surface area contributed by atoms with E-state index in [1.165, 1.54) is 18.3 Å². The van der Waals surface area contributed by atoms with Crippen LogP contribution in [0.15, 0.2) is 107 Å². The summed E-state index contributed by atoms with van der Waals surface area (Å²) in [6.45, 7) is 4.04. The minimum Gasteiger partial charge on any atom is -0.490 e. The topological polar surface area (TPSA) is 97.3 Å². The van der Waals surface area contributed by atoms with E-state index in [1.54, 1.807) is 66.7 Å². The number of carbonyl (C=O) groups is 1. The summed E-state index contributed by atoms with van der Waals surface area (Å²) in [6.07, 6.45) is 1.45. The Labute approximate surface area is 245 Å². The van der Waals surface area contributed by atoms with Gasteiger partial charge in [-0.05, 0) is 79.6 Å². The van der Waals surface area contributed by atoms with Crippen LogP contribution in [0, 0.1) is 6.92 Å². The van der Waals surface area contributed by atoms with Crippen LogP contribution >= 0.6 is 11.6 Å². The van der Waals surface area contributed by atoms with Crippen LogP contribution in [0.3, 0.4) is 0 Å². The highest BCUT2D eigenvalue weighted by Gasteiger charge is 2.27. The molecule has 0 atom stereocenters.